The second-order valence-corrected chi connectivity index (χ2v) is 7.25. The van der Waals surface area contributed by atoms with Gasteiger partial charge in [0.1, 0.15) is 6.04 Å². The number of hydrogen-bond donors (Lipinski definition) is 1. The molecular weight excluding hydrogens is 312 g/mol. The second-order valence-electron chi connectivity index (χ2n) is 6.81. The van der Waals surface area contributed by atoms with Crippen LogP contribution in [-0.2, 0) is 16.1 Å². The molecule has 0 radical (unpaired) electrons. The van der Waals surface area contributed by atoms with Crippen molar-refractivity contribution in [3.63, 3.8) is 0 Å². The van der Waals surface area contributed by atoms with Crippen LogP contribution in [-0.4, -0.2) is 28.3 Å². The molecule has 1 aromatic rings. The third-order valence-electron chi connectivity index (χ3n) is 3.40. The molecule has 4 nitrogen and oxygen atoms in total. The highest BCUT2D eigenvalue weighted by molar-refractivity contribution is 6.30. The van der Waals surface area contributed by atoms with Crippen molar-refractivity contribution in [1.82, 2.24) is 10.2 Å². The first-order valence-corrected chi connectivity index (χ1v) is 8.37. The van der Waals surface area contributed by atoms with Crippen LogP contribution in [0, 0.1) is 0 Å². The Morgan fingerprint density at radius 1 is 1.22 bits per heavy atom. The molecule has 1 unspecified atom stereocenters. The highest BCUT2D eigenvalue weighted by Crippen LogP contribution is 2.15. The van der Waals surface area contributed by atoms with Crippen molar-refractivity contribution >= 4 is 23.4 Å². The number of amides is 2. The van der Waals surface area contributed by atoms with Gasteiger partial charge in [0.2, 0.25) is 11.8 Å². The Morgan fingerprint density at radius 3 is 2.26 bits per heavy atom. The summed E-state index contributed by atoms with van der Waals surface area (Å²) >= 11 is 5.90. The Labute approximate surface area is 144 Å². The van der Waals surface area contributed by atoms with Gasteiger partial charge in [-0.15, -0.1) is 0 Å². The largest absolute Gasteiger partial charge is 0.350 e. The van der Waals surface area contributed by atoms with Gasteiger partial charge in [0.05, 0.1) is 0 Å². The van der Waals surface area contributed by atoms with Gasteiger partial charge in [-0.05, 0) is 51.8 Å². The van der Waals surface area contributed by atoms with Gasteiger partial charge in [-0.3, -0.25) is 9.59 Å². The average Bonchev–Trinajstić information content (AvgIpc) is 2.44. The lowest BCUT2D eigenvalue weighted by Crippen LogP contribution is -2.52. The van der Waals surface area contributed by atoms with Crippen LogP contribution >= 0.6 is 11.6 Å². The van der Waals surface area contributed by atoms with Crippen LogP contribution in [0.4, 0.5) is 0 Å². The van der Waals surface area contributed by atoms with E-state index in [4.69, 9.17) is 11.6 Å². The first-order valence-electron chi connectivity index (χ1n) is 8.00. The summed E-state index contributed by atoms with van der Waals surface area (Å²) in [6.45, 7) is 9.90. The van der Waals surface area contributed by atoms with E-state index in [1.54, 1.807) is 24.0 Å². The molecule has 0 heterocycles. The van der Waals surface area contributed by atoms with Crippen LogP contribution in [0.3, 0.4) is 0 Å². The number of nitrogens with zero attached hydrogens (tertiary/aromatic N) is 1. The summed E-state index contributed by atoms with van der Waals surface area (Å²) in [6.07, 6.45) is 1.18. The van der Waals surface area contributed by atoms with Gasteiger partial charge in [0.25, 0.3) is 0 Å². The lowest BCUT2D eigenvalue weighted by Gasteiger charge is -2.31. The summed E-state index contributed by atoms with van der Waals surface area (Å²) in [7, 11) is 0. The van der Waals surface area contributed by atoms with Crippen LogP contribution in [0.15, 0.2) is 24.3 Å². The fourth-order valence-corrected chi connectivity index (χ4v) is 2.33. The average molecular weight is 339 g/mol. The molecule has 0 aromatic heterocycles. The Kier molecular flexibility index (Phi) is 7.07. The summed E-state index contributed by atoms with van der Waals surface area (Å²) in [5.74, 6) is -0.157. The highest BCUT2D eigenvalue weighted by Gasteiger charge is 2.27. The van der Waals surface area contributed by atoms with Crippen molar-refractivity contribution in [3.05, 3.63) is 34.9 Å². The first kappa shape index (κ1) is 19.5. The van der Waals surface area contributed by atoms with Crippen LogP contribution in [0.1, 0.15) is 53.0 Å². The number of benzene rings is 1. The van der Waals surface area contributed by atoms with E-state index in [2.05, 4.69) is 5.32 Å². The van der Waals surface area contributed by atoms with E-state index >= 15 is 0 Å². The van der Waals surface area contributed by atoms with Gasteiger partial charge < -0.3 is 10.2 Å². The van der Waals surface area contributed by atoms with E-state index in [0.29, 0.717) is 18.0 Å². The Balaban J connectivity index is 2.93. The summed E-state index contributed by atoms with van der Waals surface area (Å²) in [5.41, 5.74) is 0.625. The second kappa shape index (κ2) is 8.34. The smallest absolute Gasteiger partial charge is 0.242 e. The standard InChI is InChI=1S/C18H27ClN2O2/c1-6-7-16(22)21(12-14-8-10-15(19)11-9-14)13(2)17(23)20-18(3,4)5/h8-11,13H,6-7,12H2,1-5H3,(H,20,23). The molecule has 0 bridgehead atoms. The number of halogens is 1. The molecule has 0 aliphatic carbocycles. The summed E-state index contributed by atoms with van der Waals surface area (Å²) < 4.78 is 0. The van der Waals surface area contributed by atoms with Gasteiger partial charge in [0.15, 0.2) is 0 Å². The fraction of sp³-hybridized carbons (Fsp3) is 0.556. The van der Waals surface area contributed by atoms with E-state index in [-0.39, 0.29) is 17.4 Å². The van der Waals surface area contributed by atoms with Crippen LogP contribution in [0.25, 0.3) is 0 Å². The van der Waals surface area contributed by atoms with E-state index in [0.717, 1.165) is 12.0 Å². The van der Waals surface area contributed by atoms with Crippen molar-refractivity contribution in [2.24, 2.45) is 0 Å². The molecule has 0 saturated carbocycles. The molecule has 5 heteroatoms. The lowest BCUT2D eigenvalue weighted by atomic mass is 10.1. The molecule has 0 aliphatic rings. The van der Waals surface area contributed by atoms with Gasteiger partial charge in [-0.1, -0.05) is 30.7 Å². The Morgan fingerprint density at radius 2 is 1.78 bits per heavy atom. The molecular formula is C18H27ClN2O2. The molecule has 1 N–H and O–H groups in total. The molecule has 0 fully saturated rings. The van der Waals surface area contributed by atoms with Gasteiger partial charge in [-0.25, -0.2) is 0 Å². The molecule has 1 rings (SSSR count). The van der Waals surface area contributed by atoms with Gasteiger partial charge >= 0.3 is 0 Å². The zero-order valence-corrected chi connectivity index (χ0v) is 15.4. The quantitative estimate of drug-likeness (QED) is 0.858. The minimum atomic E-state index is -0.524. The van der Waals surface area contributed by atoms with Crippen molar-refractivity contribution in [2.75, 3.05) is 0 Å². The van der Waals surface area contributed by atoms with Gasteiger partial charge in [-0.2, -0.15) is 0 Å². The molecule has 0 spiro atoms. The summed E-state index contributed by atoms with van der Waals surface area (Å²) in [4.78, 5) is 26.5. The number of rotatable bonds is 6. The molecule has 128 valence electrons. The van der Waals surface area contributed by atoms with E-state index < -0.39 is 6.04 Å². The van der Waals surface area contributed by atoms with Crippen molar-refractivity contribution in [1.29, 1.82) is 0 Å². The maximum Gasteiger partial charge on any atom is 0.242 e. The molecule has 0 aliphatic heterocycles. The highest BCUT2D eigenvalue weighted by atomic mass is 35.5. The number of carbonyl (C=O) groups excluding carboxylic acids is 2. The van der Waals surface area contributed by atoms with E-state index in [1.165, 1.54) is 0 Å². The SMILES string of the molecule is CCCC(=O)N(Cc1ccc(Cl)cc1)C(C)C(=O)NC(C)(C)C. The fourth-order valence-electron chi connectivity index (χ4n) is 2.20. The maximum absolute atomic E-state index is 12.4. The lowest BCUT2D eigenvalue weighted by molar-refractivity contribution is -0.141. The van der Waals surface area contributed by atoms with E-state index in [9.17, 15) is 9.59 Å². The minimum absolute atomic E-state index is 0.0148. The minimum Gasteiger partial charge on any atom is -0.350 e. The maximum atomic E-state index is 12.4. The Hall–Kier alpha value is -1.55. The third kappa shape index (κ3) is 6.61. The van der Waals surface area contributed by atoms with Crippen LogP contribution in [0.2, 0.25) is 5.02 Å². The van der Waals surface area contributed by atoms with Gasteiger partial charge in [0, 0.05) is 23.5 Å². The van der Waals surface area contributed by atoms with Crippen molar-refractivity contribution in [3.8, 4) is 0 Å². The van der Waals surface area contributed by atoms with Crippen LogP contribution < -0.4 is 5.32 Å². The topological polar surface area (TPSA) is 49.4 Å². The molecule has 1 aromatic carbocycles. The predicted molar refractivity (Wildman–Crippen MR) is 94.3 cm³/mol. The first-order chi connectivity index (χ1) is 10.6. The zero-order valence-electron chi connectivity index (χ0n) is 14.6. The zero-order chi connectivity index (χ0) is 17.6. The summed E-state index contributed by atoms with van der Waals surface area (Å²) in [5, 5.41) is 3.59. The predicted octanol–water partition coefficient (Wildman–Crippen LogP) is 3.77. The number of hydrogen-bond acceptors (Lipinski definition) is 2. The molecule has 23 heavy (non-hydrogen) atoms. The molecule has 1 atom stereocenters. The monoisotopic (exact) mass is 338 g/mol. The molecule has 0 saturated heterocycles. The number of carbonyl (C=O) groups is 2. The van der Waals surface area contributed by atoms with Crippen molar-refractivity contribution < 1.29 is 9.59 Å². The normalized spacial score (nSPS) is 12.6. The third-order valence-corrected chi connectivity index (χ3v) is 3.65. The summed E-state index contributed by atoms with van der Waals surface area (Å²) in [6, 6.07) is 6.81. The number of nitrogens with one attached hydrogen (secondary N) is 1. The van der Waals surface area contributed by atoms with E-state index in [1.807, 2.05) is 39.8 Å². The van der Waals surface area contributed by atoms with Crippen LogP contribution in [0.5, 0.6) is 0 Å². The van der Waals surface area contributed by atoms with Crippen molar-refractivity contribution in [2.45, 2.75) is 65.6 Å². The molecule has 2 amide bonds. The Bertz CT molecular complexity index is 535.